The van der Waals surface area contributed by atoms with Crippen LogP contribution < -0.4 is 5.63 Å². The van der Waals surface area contributed by atoms with Crippen LogP contribution in [0.1, 0.15) is 30.4 Å². The SMILES string of the molecule is CC(=O)CC(c1ccccc1)c1c(O)c2ccccc2oc1=O.O=S(=O)(O)O. The average molecular weight is 406 g/mol. The van der Waals surface area contributed by atoms with Gasteiger partial charge in [-0.2, -0.15) is 8.42 Å². The first-order valence-corrected chi connectivity index (χ1v) is 9.46. The molecule has 28 heavy (non-hydrogen) atoms. The van der Waals surface area contributed by atoms with Crippen LogP contribution in [0.3, 0.4) is 0 Å². The molecule has 1 atom stereocenters. The molecule has 0 radical (unpaired) electrons. The normalized spacial score (nSPS) is 12.1. The van der Waals surface area contributed by atoms with Gasteiger partial charge in [0.15, 0.2) is 0 Å². The Morgan fingerprint density at radius 2 is 1.57 bits per heavy atom. The number of para-hydroxylation sites is 1. The molecule has 0 aliphatic heterocycles. The summed E-state index contributed by atoms with van der Waals surface area (Å²) in [6.45, 7) is 1.47. The van der Waals surface area contributed by atoms with Gasteiger partial charge < -0.3 is 9.52 Å². The number of aromatic hydroxyl groups is 1. The number of Topliss-reactive ketones (excluding diaryl/α,β-unsaturated/α-hetero) is 1. The van der Waals surface area contributed by atoms with Gasteiger partial charge in [0.1, 0.15) is 17.1 Å². The average Bonchev–Trinajstić information content (AvgIpc) is 2.60. The van der Waals surface area contributed by atoms with Crippen LogP contribution in [0.2, 0.25) is 0 Å². The van der Waals surface area contributed by atoms with Crippen molar-refractivity contribution in [2.24, 2.45) is 0 Å². The van der Waals surface area contributed by atoms with Gasteiger partial charge in [0.05, 0.1) is 10.9 Å². The molecule has 0 fully saturated rings. The number of carbonyl (C=O) groups excluding carboxylic acids is 1. The first-order valence-electron chi connectivity index (χ1n) is 8.07. The maximum absolute atomic E-state index is 12.4. The standard InChI is InChI=1S/C19H16O4.H2O4S/c1-12(20)11-15(13-7-3-2-4-8-13)17-18(21)14-9-5-6-10-16(14)23-19(17)22;1-5(2,3)4/h2-10,15,21H,11H2,1H3;(H2,1,2,3,4). The molecule has 3 aromatic rings. The monoisotopic (exact) mass is 406 g/mol. The lowest BCUT2D eigenvalue weighted by atomic mass is 9.87. The minimum Gasteiger partial charge on any atom is -0.507 e. The van der Waals surface area contributed by atoms with E-state index in [-0.39, 0.29) is 23.5 Å². The van der Waals surface area contributed by atoms with Crippen LogP contribution in [0.15, 0.2) is 63.8 Å². The van der Waals surface area contributed by atoms with Crippen LogP contribution in [0.25, 0.3) is 11.0 Å². The summed E-state index contributed by atoms with van der Waals surface area (Å²) in [4.78, 5) is 24.1. The number of hydrogen-bond acceptors (Lipinski definition) is 6. The lowest BCUT2D eigenvalue weighted by molar-refractivity contribution is -0.117. The Balaban J connectivity index is 0.000000500. The minimum absolute atomic E-state index is 0.0641. The van der Waals surface area contributed by atoms with Gasteiger partial charge in [-0.15, -0.1) is 0 Å². The molecule has 0 spiro atoms. The largest absolute Gasteiger partial charge is 0.507 e. The number of ketones is 1. The molecular formula is C19H18O8S. The lowest BCUT2D eigenvalue weighted by Crippen LogP contribution is -2.16. The van der Waals surface area contributed by atoms with Gasteiger partial charge in [-0.3, -0.25) is 13.9 Å². The molecule has 9 heteroatoms. The van der Waals surface area contributed by atoms with Gasteiger partial charge in [-0.05, 0) is 24.6 Å². The highest BCUT2D eigenvalue weighted by molar-refractivity contribution is 7.79. The van der Waals surface area contributed by atoms with E-state index in [0.717, 1.165) is 5.56 Å². The summed E-state index contributed by atoms with van der Waals surface area (Å²) in [7, 11) is -4.67. The maximum atomic E-state index is 12.4. The summed E-state index contributed by atoms with van der Waals surface area (Å²) in [5, 5.41) is 11.1. The first-order chi connectivity index (χ1) is 13.1. The summed E-state index contributed by atoms with van der Waals surface area (Å²) in [5.41, 5.74) is 0.635. The fourth-order valence-corrected chi connectivity index (χ4v) is 2.81. The molecule has 0 saturated heterocycles. The number of carbonyl (C=O) groups is 1. The van der Waals surface area contributed by atoms with E-state index in [1.807, 2.05) is 30.3 Å². The molecule has 2 aromatic carbocycles. The summed E-state index contributed by atoms with van der Waals surface area (Å²) in [5.74, 6) is -0.715. The smallest absolute Gasteiger partial charge is 0.394 e. The zero-order valence-electron chi connectivity index (χ0n) is 14.8. The molecule has 0 aliphatic rings. The molecule has 0 aliphatic carbocycles. The number of benzene rings is 2. The van der Waals surface area contributed by atoms with Crippen molar-refractivity contribution in [3.8, 4) is 5.75 Å². The molecular weight excluding hydrogens is 388 g/mol. The quantitative estimate of drug-likeness (QED) is 0.443. The van der Waals surface area contributed by atoms with Crippen molar-refractivity contribution in [3.63, 3.8) is 0 Å². The second kappa shape index (κ2) is 8.79. The fourth-order valence-electron chi connectivity index (χ4n) is 2.81. The first kappa shape index (κ1) is 21.3. The predicted octanol–water partition coefficient (Wildman–Crippen LogP) is 2.96. The van der Waals surface area contributed by atoms with E-state index in [1.165, 1.54) is 6.92 Å². The lowest BCUT2D eigenvalue weighted by Gasteiger charge is -2.17. The zero-order chi connectivity index (χ0) is 20.9. The summed E-state index contributed by atoms with van der Waals surface area (Å²) in [6, 6.07) is 16.0. The summed E-state index contributed by atoms with van der Waals surface area (Å²) >= 11 is 0. The molecule has 1 aromatic heterocycles. The molecule has 148 valence electrons. The highest BCUT2D eigenvalue weighted by Crippen LogP contribution is 2.35. The Bertz CT molecular complexity index is 1130. The summed E-state index contributed by atoms with van der Waals surface area (Å²) in [6.07, 6.45) is 0.126. The van der Waals surface area contributed by atoms with Crippen LogP contribution >= 0.6 is 0 Å². The van der Waals surface area contributed by atoms with Crippen LogP contribution in [0.4, 0.5) is 0 Å². The second-order valence-corrected chi connectivity index (χ2v) is 6.86. The van der Waals surface area contributed by atoms with Crippen LogP contribution in [0.5, 0.6) is 5.75 Å². The highest BCUT2D eigenvalue weighted by atomic mass is 32.3. The fraction of sp³-hybridized carbons (Fsp3) is 0.158. The van der Waals surface area contributed by atoms with Gasteiger partial charge in [0.2, 0.25) is 0 Å². The molecule has 0 saturated carbocycles. The van der Waals surface area contributed by atoms with Crippen molar-refractivity contribution in [2.45, 2.75) is 19.3 Å². The molecule has 0 amide bonds. The Kier molecular flexibility index (Phi) is 6.68. The van der Waals surface area contributed by atoms with Crippen LogP contribution in [0, 0.1) is 0 Å². The predicted molar refractivity (Wildman–Crippen MR) is 102 cm³/mol. The topological polar surface area (TPSA) is 142 Å². The Morgan fingerprint density at radius 3 is 2.14 bits per heavy atom. The molecule has 0 bridgehead atoms. The van der Waals surface area contributed by atoms with Crippen molar-refractivity contribution in [1.82, 2.24) is 0 Å². The number of rotatable bonds is 4. The van der Waals surface area contributed by atoms with E-state index in [1.54, 1.807) is 24.3 Å². The third kappa shape index (κ3) is 5.74. The number of hydrogen-bond donors (Lipinski definition) is 3. The van der Waals surface area contributed by atoms with E-state index in [2.05, 4.69) is 0 Å². The van der Waals surface area contributed by atoms with E-state index >= 15 is 0 Å². The Hall–Kier alpha value is -3.01. The zero-order valence-corrected chi connectivity index (χ0v) is 15.6. The van der Waals surface area contributed by atoms with Gasteiger partial charge in [0, 0.05) is 12.3 Å². The van der Waals surface area contributed by atoms with Crippen molar-refractivity contribution in [1.29, 1.82) is 0 Å². The molecule has 1 heterocycles. The van der Waals surface area contributed by atoms with Gasteiger partial charge >= 0.3 is 16.0 Å². The van der Waals surface area contributed by atoms with Crippen LogP contribution in [-0.4, -0.2) is 28.4 Å². The van der Waals surface area contributed by atoms with E-state index < -0.39 is 21.9 Å². The summed E-state index contributed by atoms with van der Waals surface area (Å²) < 4.78 is 36.9. The molecule has 8 nitrogen and oxygen atoms in total. The highest BCUT2D eigenvalue weighted by Gasteiger charge is 2.25. The Morgan fingerprint density at radius 1 is 1.04 bits per heavy atom. The molecule has 3 N–H and O–H groups in total. The third-order valence-electron chi connectivity index (χ3n) is 3.86. The van der Waals surface area contributed by atoms with Crippen molar-refractivity contribution in [2.75, 3.05) is 0 Å². The van der Waals surface area contributed by atoms with E-state index in [4.69, 9.17) is 21.9 Å². The third-order valence-corrected chi connectivity index (χ3v) is 3.86. The van der Waals surface area contributed by atoms with E-state index in [0.29, 0.717) is 11.0 Å². The van der Waals surface area contributed by atoms with E-state index in [9.17, 15) is 14.7 Å². The number of fused-ring (bicyclic) bond motifs is 1. The van der Waals surface area contributed by atoms with Gasteiger partial charge in [-0.1, -0.05) is 42.5 Å². The van der Waals surface area contributed by atoms with Crippen molar-refractivity contribution < 1.29 is 31.8 Å². The molecule has 1 unspecified atom stereocenters. The van der Waals surface area contributed by atoms with Crippen molar-refractivity contribution in [3.05, 3.63) is 76.1 Å². The Labute approximate surface area is 160 Å². The van der Waals surface area contributed by atoms with Gasteiger partial charge in [0.25, 0.3) is 0 Å². The van der Waals surface area contributed by atoms with Gasteiger partial charge in [-0.25, -0.2) is 4.79 Å². The maximum Gasteiger partial charge on any atom is 0.394 e. The molecule has 3 rings (SSSR count). The van der Waals surface area contributed by atoms with Crippen LogP contribution in [-0.2, 0) is 15.2 Å². The second-order valence-electron chi connectivity index (χ2n) is 5.97. The minimum atomic E-state index is -4.67. The van der Waals surface area contributed by atoms with Crippen molar-refractivity contribution >= 4 is 27.2 Å².